The van der Waals surface area contributed by atoms with E-state index in [1.807, 2.05) is 30.5 Å². The van der Waals surface area contributed by atoms with E-state index in [4.69, 9.17) is 22.6 Å². The Balaban J connectivity index is 0.000000227. The number of rotatable bonds is 8. The van der Waals surface area contributed by atoms with Crippen molar-refractivity contribution in [1.82, 2.24) is 24.5 Å². The quantitative estimate of drug-likeness (QED) is 0.112. The summed E-state index contributed by atoms with van der Waals surface area (Å²) in [6, 6.07) is 27.9. The van der Waals surface area contributed by atoms with Gasteiger partial charge in [0.15, 0.2) is 0 Å². The molecule has 0 atom stereocenters. The second-order valence-corrected chi connectivity index (χ2v) is 22.2. The number of para-hydroxylation sites is 1. The van der Waals surface area contributed by atoms with E-state index in [2.05, 4.69) is 69.4 Å². The molecule has 5 heterocycles. The van der Waals surface area contributed by atoms with Crippen LogP contribution < -0.4 is 5.19 Å². The molecular formula is C51H48F3IrN5OSi-2. The molecule has 6 nitrogen and oxygen atoms in total. The summed E-state index contributed by atoms with van der Waals surface area (Å²) in [6.45, 7) is 10.5. The minimum absolute atomic E-state index is 0. The van der Waals surface area contributed by atoms with Crippen molar-refractivity contribution in [3.63, 3.8) is 0 Å². The van der Waals surface area contributed by atoms with Gasteiger partial charge in [0.25, 0.3) is 0 Å². The summed E-state index contributed by atoms with van der Waals surface area (Å²) in [5.41, 5.74) is 4.37. The predicted molar refractivity (Wildman–Crippen MR) is 244 cm³/mol. The van der Waals surface area contributed by atoms with Gasteiger partial charge in [-0.2, -0.15) is 0 Å². The monoisotopic (exact) mass is 1030 g/mol. The van der Waals surface area contributed by atoms with Gasteiger partial charge in [-0.1, -0.05) is 101 Å². The van der Waals surface area contributed by atoms with Crippen LogP contribution in [0.1, 0.15) is 58.4 Å². The van der Waals surface area contributed by atoms with E-state index in [1.54, 1.807) is 24.3 Å². The fourth-order valence-corrected chi connectivity index (χ4v) is 9.36. The fraction of sp³-hybridized carbons (Fsp3) is 0.255. The zero-order valence-electron chi connectivity index (χ0n) is 41.3. The normalized spacial score (nSPS) is 13.7. The van der Waals surface area contributed by atoms with E-state index >= 15 is 8.78 Å². The van der Waals surface area contributed by atoms with E-state index in [0.717, 1.165) is 47.5 Å². The second-order valence-electron chi connectivity index (χ2n) is 17.2. The van der Waals surface area contributed by atoms with Gasteiger partial charge in [-0.05, 0) is 78.8 Å². The first-order valence-electron chi connectivity index (χ1n) is 23.2. The summed E-state index contributed by atoms with van der Waals surface area (Å²) >= 11 is 0. The number of hydrogen-bond acceptors (Lipinski definition) is 5. The maximum absolute atomic E-state index is 15.5. The summed E-state index contributed by atoms with van der Waals surface area (Å²) in [5.74, 6) is -1.19. The summed E-state index contributed by atoms with van der Waals surface area (Å²) in [6.07, 6.45) is 3.56. The third-order valence-corrected chi connectivity index (χ3v) is 12.5. The molecular weight excluding hydrogens is 976 g/mol. The summed E-state index contributed by atoms with van der Waals surface area (Å²) < 4.78 is 98.9. The Morgan fingerprint density at radius 1 is 0.790 bits per heavy atom. The largest absolute Gasteiger partial charge is 0.486 e. The SMILES string of the molecule is [2H]C([2H])([2H])c1c[c-]c(-c2cc(CC(C)C)c([Si](C)(C)C)cn2)c(F)c1.[2H]C([2H])([2H])c1ccc2ccc3nc(-c4[c-]ccc5c4oc4nc(CC(C)C)ccc45)n(-c4c(F)cccc4F)c3c2n1.[Ir]. The Morgan fingerprint density at radius 2 is 1.55 bits per heavy atom. The summed E-state index contributed by atoms with van der Waals surface area (Å²) in [7, 11) is -1.56. The molecule has 0 saturated carbocycles. The van der Waals surface area contributed by atoms with E-state index < -0.39 is 39.2 Å². The van der Waals surface area contributed by atoms with Crippen molar-refractivity contribution in [2.45, 2.75) is 73.9 Å². The third kappa shape index (κ3) is 8.76. The van der Waals surface area contributed by atoms with E-state index in [9.17, 15) is 4.39 Å². The smallest absolute Gasteiger partial charge is 0.216 e. The predicted octanol–water partition coefficient (Wildman–Crippen LogP) is 12.9. The number of nitrogens with zero attached hydrogens (tertiary/aromatic N) is 5. The molecule has 0 aliphatic rings. The van der Waals surface area contributed by atoms with Crippen LogP contribution in [-0.4, -0.2) is 32.6 Å². The van der Waals surface area contributed by atoms with Crippen LogP contribution >= 0.6 is 0 Å². The second kappa shape index (κ2) is 17.7. The fourth-order valence-electron chi connectivity index (χ4n) is 7.77. The Labute approximate surface area is 383 Å². The molecule has 0 aliphatic heterocycles. The van der Waals surface area contributed by atoms with Crippen molar-refractivity contribution >= 4 is 57.3 Å². The average molecular weight is 1030 g/mol. The molecule has 9 aromatic rings. The van der Waals surface area contributed by atoms with Gasteiger partial charge in [0.2, 0.25) is 5.71 Å². The number of furan rings is 1. The number of aryl methyl sites for hydroxylation is 2. The first-order chi connectivity index (χ1) is 31.5. The molecule has 0 amide bonds. The van der Waals surface area contributed by atoms with Crippen molar-refractivity contribution in [1.29, 1.82) is 0 Å². The molecule has 0 aliphatic carbocycles. The van der Waals surface area contributed by atoms with Crippen LogP contribution in [0.15, 0.2) is 95.5 Å². The number of halogens is 3. The number of pyridine rings is 3. The molecule has 0 unspecified atom stereocenters. The molecule has 0 fully saturated rings. The Kier molecular flexibility index (Phi) is 10.6. The average Bonchev–Trinajstić information content (AvgIpc) is 3.81. The number of aromatic nitrogens is 5. The number of imidazole rings is 1. The van der Waals surface area contributed by atoms with Crippen molar-refractivity contribution in [2.24, 2.45) is 11.8 Å². The molecule has 4 aromatic carbocycles. The number of hydrogen-bond donors (Lipinski definition) is 0. The topological polar surface area (TPSA) is 69.6 Å². The van der Waals surface area contributed by atoms with E-state index in [1.165, 1.54) is 33.5 Å². The minimum Gasteiger partial charge on any atom is -0.486 e. The Hall–Kier alpha value is -5.48. The maximum Gasteiger partial charge on any atom is 0.216 e. The molecule has 319 valence electrons. The van der Waals surface area contributed by atoms with Crippen molar-refractivity contribution in [3.8, 4) is 28.3 Å². The molecule has 62 heavy (non-hydrogen) atoms. The Bertz CT molecular complexity index is 3330. The molecule has 0 N–H and O–H groups in total. The van der Waals surface area contributed by atoms with Crippen LogP contribution in [0.5, 0.6) is 0 Å². The van der Waals surface area contributed by atoms with Crippen molar-refractivity contribution in [2.75, 3.05) is 0 Å². The molecule has 0 bridgehead atoms. The molecule has 0 spiro atoms. The van der Waals surface area contributed by atoms with Gasteiger partial charge in [-0.3, -0.25) is 14.4 Å². The van der Waals surface area contributed by atoms with E-state index in [0.29, 0.717) is 45.3 Å². The van der Waals surface area contributed by atoms with Gasteiger partial charge in [0.05, 0.1) is 36.0 Å². The van der Waals surface area contributed by atoms with Gasteiger partial charge < -0.3 is 14.0 Å². The number of fused-ring (bicyclic) bond motifs is 6. The first kappa shape index (κ1) is 37.1. The third-order valence-electron chi connectivity index (χ3n) is 10.4. The van der Waals surface area contributed by atoms with Crippen LogP contribution in [0.2, 0.25) is 19.6 Å². The van der Waals surface area contributed by atoms with Gasteiger partial charge >= 0.3 is 0 Å². The zero-order valence-corrected chi connectivity index (χ0v) is 38.7. The first-order valence-corrected chi connectivity index (χ1v) is 23.7. The maximum atomic E-state index is 15.5. The van der Waals surface area contributed by atoms with Crippen molar-refractivity contribution < 1.29 is 45.9 Å². The summed E-state index contributed by atoms with van der Waals surface area (Å²) in [4.78, 5) is 18.4. The Morgan fingerprint density at radius 3 is 2.24 bits per heavy atom. The van der Waals surface area contributed by atoms with Gasteiger partial charge in [-0.15, -0.1) is 42.0 Å². The van der Waals surface area contributed by atoms with Crippen LogP contribution in [0.25, 0.3) is 72.3 Å². The van der Waals surface area contributed by atoms with Crippen LogP contribution in [-0.2, 0) is 32.9 Å². The zero-order chi connectivity index (χ0) is 48.3. The molecule has 5 aromatic heterocycles. The van der Waals surface area contributed by atoms with Gasteiger partial charge in [-0.25, -0.2) is 13.8 Å². The molecule has 11 heteroatoms. The summed E-state index contributed by atoms with van der Waals surface area (Å²) in [5, 5.41) is 3.42. The minimum atomic E-state index is -2.48. The van der Waals surface area contributed by atoms with E-state index in [-0.39, 0.29) is 59.5 Å². The van der Waals surface area contributed by atoms with Gasteiger partial charge in [0.1, 0.15) is 17.3 Å². The van der Waals surface area contributed by atoms with Crippen LogP contribution in [0.3, 0.4) is 0 Å². The number of benzene rings is 4. The van der Waals surface area contributed by atoms with Crippen LogP contribution in [0, 0.1) is 55.1 Å². The molecule has 1 radical (unpaired) electrons. The van der Waals surface area contributed by atoms with Crippen LogP contribution in [0.4, 0.5) is 13.2 Å². The standard InChI is InChI=1S/C32H23F2N4O.C19H25FNSi.Ir/c1-17(2)16-20-13-14-22-21-6-4-7-23(30(21)39-32(22)36-20)31-37-26-15-12-19-11-10-18(3)35-27(19)29(26)38(31)28-24(33)8-5-9-25(28)34;1-13(2)9-15-11-18(21-12-19(15)22(4,5)6)16-8-7-14(3)10-17(16)20;/h4-6,8-15,17H,16H2,1-3H3;7,10-13H,9H2,1-6H3;/q2*-1;/i2*3D3;. The molecule has 0 saturated heterocycles. The molecule has 9 rings (SSSR count). The van der Waals surface area contributed by atoms with Gasteiger partial charge in [0, 0.05) is 62.5 Å². The van der Waals surface area contributed by atoms with Crippen molar-refractivity contribution in [3.05, 3.63) is 143 Å².